The molecule has 2 aliphatic carbocycles. The number of benzene rings is 2. The number of hydrogen-bond donors (Lipinski definition) is 0. The molecule has 2 aromatic carbocycles. The van der Waals surface area contributed by atoms with E-state index in [2.05, 4.69) is 10.1 Å². The standard InChI is InChI=1S/C31H28FN3O3S/c1-2-21-6-13-26(14-7-21)39(37,38)27-15-8-23-17-29-22(20-34-35(29)25-11-9-24(32)10-12-25)18-31(23,19-27)30(36)28-5-3-4-16-33-28/h3-7,9-14,16-17,20,27H,2,8,15,18-19H2,1H3/t27-,31-/m0/s1. The average Bonchev–Trinajstić information content (AvgIpc) is 3.38. The van der Waals surface area contributed by atoms with Crippen LogP contribution in [0, 0.1) is 11.2 Å². The second-order valence-electron chi connectivity index (χ2n) is 10.3. The summed E-state index contributed by atoms with van der Waals surface area (Å²) < 4.78 is 43.0. The second kappa shape index (κ2) is 9.68. The number of sulfone groups is 1. The van der Waals surface area contributed by atoms with Gasteiger partial charge in [0, 0.05) is 6.20 Å². The van der Waals surface area contributed by atoms with Crippen LogP contribution in [-0.4, -0.2) is 34.2 Å². The number of halogens is 1. The molecule has 2 heterocycles. The van der Waals surface area contributed by atoms with E-state index in [1.807, 2.05) is 25.1 Å². The monoisotopic (exact) mass is 541 g/mol. The largest absolute Gasteiger partial charge is 0.291 e. The molecule has 0 aliphatic heterocycles. The van der Waals surface area contributed by atoms with Crippen molar-refractivity contribution in [3.8, 4) is 5.69 Å². The van der Waals surface area contributed by atoms with Gasteiger partial charge in [0.25, 0.3) is 0 Å². The van der Waals surface area contributed by atoms with Gasteiger partial charge in [-0.25, -0.2) is 17.5 Å². The Kier molecular flexibility index (Phi) is 6.30. The highest BCUT2D eigenvalue weighted by molar-refractivity contribution is 7.92. The SMILES string of the molecule is CCc1ccc(S(=O)(=O)[C@H]2CCC3=Cc4c(cnn4-c4ccc(F)cc4)C[C@]3(C(=O)c3ccccn3)C2)cc1. The maximum Gasteiger partial charge on any atom is 0.191 e. The molecule has 2 aliphatic rings. The van der Waals surface area contributed by atoms with E-state index in [0.29, 0.717) is 30.6 Å². The van der Waals surface area contributed by atoms with E-state index in [-0.39, 0.29) is 22.9 Å². The normalized spacial score (nSPS) is 20.6. The summed E-state index contributed by atoms with van der Waals surface area (Å²) in [5.41, 5.74) is 3.63. The topological polar surface area (TPSA) is 81.9 Å². The summed E-state index contributed by atoms with van der Waals surface area (Å²) in [7, 11) is -3.67. The van der Waals surface area contributed by atoms with Crippen LogP contribution in [0.3, 0.4) is 0 Å². The molecule has 39 heavy (non-hydrogen) atoms. The molecular formula is C31H28FN3O3S. The van der Waals surface area contributed by atoms with E-state index in [4.69, 9.17) is 0 Å². The van der Waals surface area contributed by atoms with Crippen LogP contribution in [0.15, 0.2) is 89.6 Å². The first-order valence-corrected chi connectivity index (χ1v) is 14.7. The average molecular weight is 542 g/mol. The Morgan fingerprint density at radius 1 is 1.08 bits per heavy atom. The van der Waals surface area contributed by atoms with Gasteiger partial charge in [0.15, 0.2) is 15.6 Å². The highest BCUT2D eigenvalue weighted by Gasteiger charge is 2.52. The number of nitrogens with zero attached hydrogens (tertiary/aromatic N) is 3. The molecule has 2 aromatic heterocycles. The van der Waals surface area contributed by atoms with Gasteiger partial charge in [-0.15, -0.1) is 0 Å². The maximum atomic E-state index is 14.2. The molecular weight excluding hydrogens is 513 g/mol. The zero-order valence-electron chi connectivity index (χ0n) is 21.5. The Morgan fingerprint density at radius 2 is 1.85 bits per heavy atom. The summed E-state index contributed by atoms with van der Waals surface area (Å²) in [5, 5.41) is 3.85. The van der Waals surface area contributed by atoms with Crippen LogP contribution in [-0.2, 0) is 22.7 Å². The van der Waals surface area contributed by atoms with Gasteiger partial charge in [-0.1, -0.05) is 30.7 Å². The van der Waals surface area contributed by atoms with Crippen molar-refractivity contribution in [3.63, 3.8) is 0 Å². The number of carbonyl (C=O) groups excluding carboxylic acids is 1. The Hall–Kier alpha value is -3.91. The number of rotatable bonds is 6. The van der Waals surface area contributed by atoms with Crippen molar-refractivity contribution >= 4 is 21.7 Å². The smallest absolute Gasteiger partial charge is 0.191 e. The first-order valence-electron chi connectivity index (χ1n) is 13.1. The van der Waals surface area contributed by atoms with E-state index in [9.17, 15) is 17.6 Å². The number of allylic oxidation sites excluding steroid dienone is 1. The van der Waals surface area contributed by atoms with Crippen LogP contribution in [0.1, 0.15) is 53.5 Å². The molecule has 6 nitrogen and oxygen atoms in total. The minimum Gasteiger partial charge on any atom is -0.291 e. The Labute approximate surface area is 227 Å². The van der Waals surface area contributed by atoms with Gasteiger partial charge in [0.1, 0.15) is 11.5 Å². The van der Waals surface area contributed by atoms with E-state index >= 15 is 0 Å². The molecule has 0 spiro atoms. The number of aryl methyl sites for hydroxylation is 1. The summed E-state index contributed by atoms with van der Waals surface area (Å²) >= 11 is 0. The third-order valence-electron chi connectivity index (χ3n) is 8.12. The number of carbonyl (C=O) groups is 1. The van der Waals surface area contributed by atoms with E-state index in [1.54, 1.807) is 59.5 Å². The highest BCUT2D eigenvalue weighted by Crippen LogP contribution is 2.51. The minimum absolute atomic E-state index is 0.171. The highest BCUT2D eigenvalue weighted by atomic mass is 32.2. The van der Waals surface area contributed by atoms with Crippen molar-refractivity contribution in [1.29, 1.82) is 0 Å². The third kappa shape index (κ3) is 4.33. The van der Waals surface area contributed by atoms with E-state index in [0.717, 1.165) is 28.8 Å². The minimum atomic E-state index is -3.67. The van der Waals surface area contributed by atoms with Crippen molar-refractivity contribution < 1.29 is 17.6 Å². The van der Waals surface area contributed by atoms with Gasteiger partial charge in [-0.05, 0) is 97.8 Å². The van der Waals surface area contributed by atoms with Crippen LogP contribution >= 0.6 is 0 Å². The maximum absolute atomic E-state index is 14.2. The molecule has 2 atom stereocenters. The number of Topliss-reactive ketones (excluding diaryl/α,β-unsaturated/α-hetero) is 1. The lowest BCUT2D eigenvalue weighted by atomic mass is 9.61. The Balaban J connectivity index is 1.43. The fraction of sp³-hybridized carbons (Fsp3) is 0.258. The molecule has 0 radical (unpaired) electrons. The van der Waals surface area contributed by atoms with Crippen LogP contribution in [0.5, 0.6) is 0 Å². The Morgan fingerprint density at radius 3 is 2.54 bits per heavy atom. The lowest BCUT2D eigenvalue weighted by Crippen LogP contribution is -2.45. The predicted molar refractivity (Wildman–Crippen MR) is 147 cm³/mol. The summed E-state index contributed by atoms with van der Waals surface area (Å²) in [6.45, 7) is 2.03. The van der Waals surface area contributed by atoms with Gasteiger partial charge in [0.2, 0.25) is 0 Å². The van der Waals surface area contributed by atoms with Crippen molar-refractivity contribution in [2.45, 2.75) is 49.2 Å². The molecule has 0 bridgehead atoms. The fourth-order valence-corrected chi connectivity index (χ4v) is 7.80. The number of aromatic nitrogens is 3. The molecule has 4 aromatic rings. The van der Waals surface area contributed by atoms with E-state index < -0.39 is 20.5 Å². The predicted octanol–water partition coefficient (Wildman–Crippen LogP) is 5.80. The lowest BCUT2D eigenvalue weighted by Gasteiger charge is -2.43. The Bertz CT molecular complexity index is 1680. The summed E-state index contributed by atoms with van der Waals surface area (Å²) in [5.74, 6) is -0.502. The first kappa shape index (κ1) is 25.4. The number of fused-ring (bicyclic) bond motifs is 2. The van der Waals surface area contributed by atoms with Crippen LogP contribution in [0.2, 0.25) is 0 Å². The van der Waals surface area contributed by atoms with Crippen LogP contribution < -0.4 is 0 Å². The zero-order chi connectivity index (χ0) is 27.2. The zero-order valence-corrected chi connectivity index (χ0v) is 22.4. The van der Waals surface area contributed by atoms with Gasteiger partial charge in [0.05, 0.1) is 33.1 Å². The van der Waals surface area contributed by atoms with Gasteiger partial charge in [-0.3, -0.25) is 9.78 Å². The summed E-state index contributed by atoms with van der Waals surface area (Å²) in [4.78, 5) is 18.8. The molecule has 198 valence electrons. The lowest BCUT2D eigenvalue weighted by molar-refractivity contribution is 0.0796. The molecule has 0 N–H and O–H groups in total. The van der Waals surface area contributed by atoms with Crippen molar-refractivity contribution in [2.24, 2.45) is 5.41 Å². The van der Waals surface area contributed by atoms with Crippen molar-refractivity contribution in [1.82, 2.24) is 14.8 Å². The van der Waals surface area contributed by atoms with Crippen LogP contribution in [0.4, 0.5) is 4.39 Å². The molecule has 6 rings (SSSR count). The second-order valence-corrected chi connectivity index (χ2v) is 12.6. The molecule has 1 fully saturated rings. The van der Waals surface area contributed by atoms with Gasteiger partial charge in [-0.2, -0.15) is 5.10 Å². The quantitative estimate of drug-likeness (QED) is 0.288. The number of hydrogen-bond acceptors (Lipinski definition) is 5. The van der Waals surface area contributed by atoms with Gasteiger partial charge >= 0.3 is 0 Å². The third-order valence-corrected chi connectivity index (χ3v) is 10.3. The molecule has 0 amide bonds. The van der Waals surface area contributed by atoms with E-state index in [1.165, 1.54) is 12.1 Å². The molecule has 1 saturated carbocycles. The molecule has 0 saturated heterocycles. The molecule has 8 heteroatoms. The first-order chi connectivity index (χ1) is 18.8. The fourth-order valence-electron chi connectivity index (χ4n) is 5.97. The van der Waals surface area contributed by atoms with Crippen LogP contribution in [0.25, 0.3) is 11.8 Å². The molecule has 0 unspecified atom stereocenters. The summed E-state index contributed by atoms with van der Waals surface area (Å²) in [6.07, 6.45) is 7.49. The van der Waals surface area contributed by atoms with Crippen molar-refractivity contribution in [3.05, 3.63) is 113 Å². The summed E-state index contributed by atoms with van der Waals surface area (Å²) in [6, 6.07) is 18.4. The number of ketones is 1. The number of pyridine rings is 1. The van der Waals surface area contributed by atoms with Gasteiger partial charge < -0.3 is 0 Å². The van der Waals surface area contributed by atoms with Crippen molar-refractivity contribution in [2.75, 3.05) is 0 Å².